The fraction of sp³-hybridized carbons (Fsp3) is 0.600. The molecule has 0 radical (unpaired) electrons. The van der Waals surface area contributed by atoms with E-state index in [1.54, 1.807) is 12.1 Å². The molecule has 1 aliphatic carbocycles. The Kier molecular flexibility index (Phi) is 3.80. The van der Waals surface area contributed by atoms with Crippen molar-refractivity contribution < 1.29 is 8.78 Å². The first-order valence-electron chi connectivity index (χ1n) is 6.62. The van der Waals surface area contributed by atoms with Crippen LogP contribution < -0.4 is 0 Å². The Morgan fingerprint density at radius 2 is 1.65 bits per heavy atom. The molecule has 0 nitrogen and oxygen atoms in total. The SMILES string of the molecule is CCC(F)(F)c1ccc(C2CCCCC2)cc1. The second-order valence-electron chi connectivity index (χ2n) is 5.01. The summed E-state index contributed by atoms with van der Waals surface area (Å²) in [6, 6.07) is 7.00. The molecule has 94 valence electrons. The first-order chi connectivity index (χ1) is 8.13. The molecule has 2 heteroatoms. The largest absolute Gasteiger partial charge is 0.273 e. The number of benzene rings is 1. The minimum absolute atomic E-state index is 0.129. The number of hydrogen-bond donors (Lipinski definition) is 0. The summed E-state index contributed by atoms with van der Waals surface area (Å²) in [4.78, 5) is 0. The molecule has 1 aromatic carbocycles. The van der Waals surface area contributed by atoms with Crippen LogP contribution in [0.15, 0.2) is 24.3 Å². The molecule has 0 aromatic heterocycles. The van der Waals surface area contributed by atoms with Crippen LogP contribution in [0.5, 0.6) is 0 Å². The summed E-state index contributed by atoms with van der Waals surface area (Å²) >= 11 is 0. The van der Waals surface area contributed by atoms with Crippen molar-refractivity contribution in [2.24, 2.45) is 0 Å². The van der Waals surface area contributed by atoms with Crippen molar-refractivity contribution in [3.05, 3.63) is 35.4 Å². The molecule has 17 heavy (non-hydrogen) atoms. The molecule has 1 fully saturated rings. The maximum atomic E-state index is 13.5. The molecule has 0 aliphatic heterocycles. The summed E-state index contributed by atoms with van der Waals surface area (Å²) in [6.45, 7) is 1.52. The van der Waals surface area contributed by atoms with Crippen molar-refractivity contribution in [1.82, 2.24) is 0 Å². The van der Waals surface area contributed by atoms with E-state index in [1.165, 1.54) is 44.6 Å². The third-order valence-corrected chi connectivity index (χ3v) is 3.85. The van der Waals surface area contributed by atoms with Gasteiger partial charge >= 0.3 is 0 Å². The van der Waals surface area contributed by atoms with Crippen molar-refractivity contribution >= 4 is 0 Å². The Labute approximate surface area is 102 Å². The Bertz CT molecular complexity index is 348. The number of rotatable bonds is 3. The average molecular weight is 238 g/mol. The first kappa shape index (κ1) is 12.5. The van der Waals surface area contributed by atoms with Crippen molar-refractivity contribution in [2.45, 2.75) is 57.3 Å². The smallest absolute Gasteiger partial charge is 0.201 e. The summed E-state index contributed by atoms with van der Waals surface area (Å²) in [5.74, 6) is -2.08. The van der Waals surface area contributed by atoms with Crippen LogP contribution in [0, 0.1) is 0 Å². The topological polar surface area (TPSA) is 0 Å². The molecule has 0 heterocycles. The Balaban J connectivity index is 2.12. The molecular formula is C15H20F2. The monoisotopic (exact) mass is 238 g/mol. The maximum Gasteiger partial charge on any atom is 0.273 e. The summed E-state index contributed by atoms with van der Waals surface area (Å²) in [5.41, 5.74) is 1.39. The zero-order valence-corrected chi connectivity index (χ0v) is 10.4. The van der Waals surface area contributed by atoms with Crippen molar-refractivity contribution in [1.29, 1.82) is 0 Å². The number of hydrogen-bond acceptors (Lipinski definition) is 0. The third-order valence-electron chi connectivity index (χ3n) is 3.85. The third kappa shape index (κ3) is 2.85. The fourth-order valence-electron chi connectivity index (χ4n) is 2.64. The van der Waals surface area contributed by atoms with Gasteiger partial charge in [0.2, 0.25) is 0 Å². The summed E-state index contributed by atoms with van der Waals surface area (Å²) in [7, 11) is 0. The van der Waals surface area contributed by atoms with Gasteiger partial charge in [0.1, 0.15) is 0 Å². The highest BCUT2D eigenvalue weighted by Gasteiger charge is 2.28. The van der Waals surface area contributed by atoms with E-state index in [0.717, 1.165) is 0 Å². The molecule has 0 N–H and O–H groups in total. The quantitative estimate of drug-likeness (QED) is 0.675. The minimum atomic E-state index is -2.68. The van der Waals surface area contributed by atoms with E-state index in [2.05, 4.69) is 0 Å². The standard InChI is InChI=1S/C15H20F2/c1-2-15(16,17)14-10-8-13(9-11-14)12-6-4-3-5-7-12/h8-12H,2-7H2,1H3. The lowest BCUT2D eigenvalue weighted by Crippen LogP contribution is -2.12. The normalized spacial score (nSPS) is 18.3. The highest BCUT2D eigenvalue weighted by Crippen LogP contribution is 2.35. The Morgan fingerprint density at radius 3 is 2.18 bits per heavy atom. The molecule has 2 rings (SSSR count). The van der Waals surface area contributed by atoms with Crippen LogP contribution in [0.4, 0.5) is 8.78 Å². The maximum absolute atomic E-state index is 13.5. The van der Waals surface area contributed by atoms with Gasteiger partial charge in [0, 0.05) is 12.0 Å². The van der Waals surface area contributed by atoms with Gasteiger partial charge in [-0.05, 0) is 24.3 Å². The van der Waals surface area contributed by atoms with E-state index < -0.39 is 5.92 Å². The second kappa shape index (κ2) is 5.16. The van der Waals surface area contributed by atoms with Crippen LogP contribution in [0.3, 0.4) is 0 Å². The first-order valence-corrected chi connectivity index (χ1v) is 6.62. The van der Waals surface area contributed by atoms with Gasteiger partial charge in [-0.3, -0.25) is 0 Å². The zero-order valence-electron chi connectivity index (χ0n) is 10.4. The summed E-state index contributed by atoms with van der Waals surface area (Å²) < 4.78 is 26.9. The average Bonchev–Trinajstić information content (AvgIpc) is 2.40. The number of halogens is 2. The van der Waals surface area contributed by atoms with Crippen molar-refractivity contribution in [2.75, 3.05) is 0 Å². The van der Waals surface area contributed by atoms with Gasteiger partial charge in [0.05, 0.1) is 0 Å². The minimum Gasteiger partial charge on any atom is -0.201 e. The molecule has 1 aromatic rings. The van der Waals surface area contributed by atoms with Gasteiger partial charge < -0.3 is 0 Å². The predicted octanol–water partition coefficient (Wildman–Crippen LogP) is 5.24. The van der Waals surface area contributed by atoms with Gasteiger partial charge in [0.15, 0.2) is 0 Å². The van der Waals surface area contributed by atoms with Crippen LogP contribution in [-0.4, -0.2) is 0 Å². The highest BCUT2D eigenvalue weighted by molar-refractivity contribution is 5.28. The zero-order chi connectivity index (χ0) is 12.3. The molecule has 0 unspecified atom stereocenters. The van der Waals surface area contributed by atoms with Gasteiger partial charge in [-0.2, -0.15) is 0 Å². The van der Waals surface area contributed by atoms with Crippen LogP contribution in [-0.2, 0) is 5.92 Å². The molecule has 1 aliphatic rings. The van der Waals surface area contributed by atoms with Crippen LogP contribution in [0.25, 0.3) is 0 Å². The van der Waals surface area contributed by atoms with Gasteiger partial charge in [-0.25, -0.2) is 8.78 Å². The highest BCUT2D eigenvalue weighted by atomic mass is 19.3. The van der Waals surface area contributed by atoms with E-state index in [1.807, 2.05) is 12.1 Å². The lowest BCUT2D eigenvalue weighted by Gasteiger charge is -2.22. The molecular weight excluding hydrogens is 218 g/mol. The Hall–Kier alpha value is -0.920. The van der Waals surface area contributed by atoms with Crippen molar-refractivity contribution in [3.8, 4) is 0 Å². The van der Waals surface area contributed by atoms with E-state index in [4.69, 9.17) is 0 Å². The molecule has 1 saturated carbocycles. The van der Waals surface area contributed by atoms with Gasteiger partial charge in [-0.1, -0.05) is 50.5 Å². The second-order valence-corrected chi connectivity index (χ2v) is 5.01. The molecule has 0 amide bonds. The fourth-order valence-corrected chi connectivity index (χ4v) is 2.64. The predicted molar refractivity (Wildman–Crippen MR) is 66.5 cm³/mol. The lowest BCUT2D eigenvalue weighted by atomic mass is 9.83. The van der Waals surface area contributed by atoms with Crippen molar-refractivity contribution in [3.63, 3.8) is 0 Å². The Morgan fingerprint density at radius 1 is 1.06 bits per heavy atom. The lowest BCUT2D eigenvalue weighted by molar-refractivity contribution is -0.00830. The summed E-state index contributed by atoms with van der Waals surface area (Å²) in [6.07, 6.45) is 6.17. The van der Waals surface area contributed by atoms with E-state index >= 15 is 0 Å². The van der Waals surface area contributed by atoms with Gasteiger partial charge in [0.25, 0.3) is 5.92 Å². The van der Waals surface area contributed by atoms with Crippen LogP contribution >= 0.6 is 0 Å². The molecule has 0 atom stereocenters. The molecule has 0 bridgehead atoms. The number of alkyl halides is 2. The van der Waals surface area contributed by atoms with Crippen LogP contribution in [0.1, 0.15) is 62.5 Å². The van der Waals surface area contributed by atoms with E-state index in [-0.39, 0.29) is 12.0 Å². The van der Waals surface area contributed by atoms with E-state index in [0.29, 0.717) is 5.92 Å². The summed E-state index contributed by atoms with van der Waals surface area (Å²) in [5, 5.41) is 0. The molecule has 0 saturated heterocycles. The molecule has 0 spiro atoms. The van der Waals surface area contributed by atoms with Gasteiger partial charge in [-0.15, -0.1) is 0 Å². The van der Waals surface area contributed by atoms with E-state index in [9.17, 15) is 8.78 Å². The van der Waals surface area contributed by atoms with Crippen LogP contribution in [0.2, 0.25) is 0 Å².